The lowest BCUT2D eigenvalue weighted by molar-refractivity contribution is -0.148. The number of amides is 1. The largest absolute Gasteiger partial charge is 0.464 e. The van der Waals surface area contributed by atoms with Crippen molar-refractivity contribution >= 4 is 22.8 Å². The maximum Gasteiger partial charge on any atom is 0.329 e. The van der Waals surface area contributed by atoms with E-state index in [1.54, 1.807) is 6.92 Å². The molecule has 0 saturated carbocycles. The Morgan fingerprint density at radius 1 is 1.19 bits per heavy atom. The van der Waals surface area contributed by atoms with E-state index in [0.29, 0.717) is 5.69 Å². The average Bonchev–Trinajstić information content (AvgIpc) is 2.98. The van der Waals surface area contributed by atoms with Crippen molar-refractivity contribution in [2.45, 2.75) is 66.5 Å². The molecule has 2 rings (SSSR count). The van der Waals surface area contributed by atoms with Gasteiger partial charge >= 0.3 is 5.97 Å². The summed E-state index contributed by atoms with van der Waals surface area (Å²) in [5.74, 6) is -0.779. The van der Waals surface area contributed by atoms with Crippen LogP contribution in [0.15, 0.2) is 24.3 Å². The molecule has 1 N–H and O–H groups in total. The Kier molecular flexibility index (Phi) is 6.99. The summed E-state index contributed by atoms with van der Waals surface area (Å²) in [6.45, 7) is 10.6. The maximum atomic E-state index is 13.0. The smallest absolute Gasteiger partial charge is 0.329 e. The fourth-order valence-corrected chi connectivity index (χ4v) is 3.03. The second kappa shape index (κ2) is 9.02. The number of nitrogens with zero attached hydrogens (tertiary/aromatic N) is 2. The molecule has 1 atom stereocenters. The number of benzene rings is 1. The van der Waals surface area contributed by atoms with Gasteiger partial charge in [0.05, 0.1) is 12.1 Å². The van der Waals surface area contributed by atoms with E-state index in [1.165, 1.54) is 0 Å². The molecule has 0 aliphatic heterocycles. The Morgan fingerprint density at radius 2 is 1.89 bits per heavy atom. The van der Waals surface area contributed by atoms with E-state index in [1.807, 2.05) is 49.7 Å². The van der Waals surface area contributed by atoms with Crippen molar-refractivity contribution in [3.8, 4) is 0 Å². The molecule has 1 heterocycles. The molecule has 0 aliphatic rings. The first-order valence-corrected chi connectivity index (χ1v) is 9.72. The lowest BCUT2D eigenvalue weighted by Gasteiger charge is -2.29. The summed E-state index contributed by atoms with van der Waals surface area (Å²) in [5.41, 5.74) is 0.810. The number of ether oxygens (including phenoxy) is 1. The molecule has 1 aromatic carbocycles. The molecule has 27 heavy (non-hydrogen) atoms. The molecular formula is C21H31N3O3. The molecule has 0 radical (unpaired) electrons. The molecule has 0 spiro atoms. The number of fused-ring (bicyclic) bond motifs is 1. The van der Waals surface area contributed by atoms with Gasteiger partial charge in [-0.1, -0.05) is 58.7 Å². The highest BCUT2D eigenvalue weighted by Gasteiger charge is 2.35. The zero-order valence-electron chi connectivity index (χ0n) is 17.0. The van der Waals surface area contributed by atoms with Crippen molar-refractivity contribution in [3.63, 3.8) is 0 Å². The van der Waals surface area contributed by atoms with Crippen molar-refractivity contribution in [2.24, 2.45) is 5.41 Å². The van der Waals surface area contributed by atoms with Crippen molar-refractivity contribution in [1.29, 1.82) is 0 Å². The van der Waals surface area contributed by atoms with Gasteiger partial charge < -0.3 is 10.1 Å². The third-order valence-electron chi connectivity index (χ3n) is 4.51. The normalized spacial score (nSPS) is 12.8. The first-order valence-electron chi connectivity index (χ1n) is 9.72. The van der Waals surface area contributed by atoms with Gasteiger partial charge in [0.1, 0.15) is 6.04 Å². The first-order chi connectivity index (χ1) is 12.8. The average molecular weight is 373 g/mol. The Morgan fingerprint density at radius 3 is 2.52 bits per heavy atom. The van der Waals surface area contributed by atoms with Crippen molar-refractivity contribution < 1.29 is 14.3 Å². The minimum atomic E-state index is -0.742. The maximum absolute atomic E-state index is 13.0. The van der Waals surface area contributed by atoms with E-state index in [2.05, 4.69) is 17.3 Å². The molecule has 1 aromatic heterocycles. The van der Waals surface area contributed by atoms with Gasteiger partial charge in [0.25, 0.3) is 5.91 Å². The number of nitrogens with one attached hydrogen (secondary N) is 1. The summed E-state index contributed by atoms with van der Waals surface area (Å²) in [6, 6.07) is 6.96. The predicted octanol–water partition coefficient (Wildman–Crippen LogP) is 3.93. The quantitative estimate of drug-likeness (QED) is 0.562. The molecule has 2 aromatic rings. The van der Waals surface area contributed by atoms with Crippen LogP contribution in [0.25, 0.3) is 10.9 Å². The number of unbranched alkanes of at least 4 members (excludes halogenated alkanes) is 2. The lowest BCUT2D eigenvalue weighted by atomic mass is 9.86. The van der Waals surface area contributed by atoms with Gasteiger partial charge in [-0.15, -0.1) is 0 Å². The lowest BCUT2D eigenvalue weighted by Crippen LogP contribution is -2.50. The SMILES string of the molecule is CCCCCn1nc(C(=O)NC(C(=O)OCC)C(C)(C)C)c2ccccc21. The number of aromatic nitrogens is 2. The molecule has 148 valence electrons. The van der Waals surface area contributed by atoms with Crippen LogP contribution in [-0.4, -0.2) is 34.3 Å². The summed E-state index contributed by atoms with van der Waals surface area (Å²) >= 11 is 0. The monoisotopic (exact) mass is 373 g/mol. The Bertz CT molecular complexity index is 790. The molecule has 0 aliphatic carbocycles. The van der Waals surface area contributed by atoms with Gasteiger partial charge in [-0.25, -0.2) is 4.79 Å². The van der Waals surface area contributed by atoms with Gasteiger partial charge in [-0.2, -0.15) is 5.10 Å². The number of carbonyl (C=O) groups is 2. The minimum Gasteiger partial charge on any atom is -0.464 e. The van der Waals surface area contributed by atoms with Crippen LogP contribution in [0, 0.1) is 5.41 Å². The zero-order valence-corrected chi connectivity index (χ0v) is 17.0. The van der Waals surface area contributed by atoms with E-state index < -0.39 is 17.4 Å². The van der Waals surface area contributed by atoms with Crippen LogP contribution in [0.5, 0.6) is 0 Å². The van der Waals surface area contributed by atoms with E-state index in [0.717, 1.165) is 36.7 Å². The third kappa shape index (κ3) is 5.08. The number of hydrogen-bond donors (Lipinski definition) is 1. The Balaban J connectivity index is 2.31. The molecule has 1 unspecified atom stereocenters. The molecule has 1 amide bonds. The van der Waals surface area contributed by atoms with Crippen LogP contribution in [0.2, 0.25) is 0 Å². The van der Waals surface area contributed by atoms with Gasteiger partial charge in [-0.3, -0.25) is 9.48 Å². The third-order valence-corrected chi connectivity index (χ3v) is 4.51. The van der Waals surface area contributed by atoms with E-state index in [9.17, 15) is 9.59 Å². The molecule has 6 nitrogen and oxygen atoms in total. The van der Waals surface area contributed by atoms with E-state index in [-0.39, 0.29) is 12.5 Å². The van der Waals surface area contributed by atoms with Gasteiger partial charge in [-0.05, 0) is 24.8 Å². The van der Waals surface area contributed by atoms with Gasteiger partial charge in [0.15, 0.2) is 5.69 Å². The van der Waals surface area contributed by atoms with Gasteiger partial charge in [0.2, 0.25) is 0 Å². The van der Waals surface area contributed by atoms with Crippen LogP contribution in [0.1, 0.15) is 64.4 Å². The van der Waals surface area contributed by atoms with Crippen LogP contribution < -0.4 is 5.32 Å². The second-order valence-electron chi connectivity index (χ2n) is 7.82. The summed E-state index contributed by atoms with van der Waals surface area (Å²) in [4.78, 5) is 25.3. The fourth-order valence-electron chi connectivity index (χ4n) is 3.03. The topological polar surface area (TPSA) is 73.2 Å². The fraction of sp³-hybridized carbons (Fsp3) is 0.571. The number of carbonyl (C=O) groups excluding carboxylic acids is 2. The van der Waals surface area contributed by atoms with Crippen molar-refractivity contribution in [2.75, 3.05) is 6.61 Å². The Labute approximate surface area is 161 Å². The molecule has 0 bridgehead atoms. The van der Waals surface area contributed by atoms with Crippen molar-refractivity contribution in [1.82, 2.24) is 15.1 Å². The molecule has 0 saturated heterocycles. The van der Waals surface area contributed by atoms with Crippen molar-refractivity contribution in [3.05, 3.63) is 30.0 Å². The summed E-state index contributed by atoms with van der Waals surface area (Å²) in [6.07, 6.45) is 3.25. The molecular weight excluding hydrogens is 342 g/mol. The number of rotatable bonds is 8. The van der Waals surface area contributed by atoms with Crippen LogP contribution in [0.4, 0.5) is 0 Å². The highest BCUT2D eigenvalue weighted by atomic mass is 16.5. The number of para-hydroxylation sites is 1. The van der Waals surface area contributed by atoms with Gasteiger partial charge in [0, 0.05) is 11.9 Å². The van der Waals surface area contributed by atoms with E-state index in [4.69, 9.17) is 4.74 Å². The number of hydrogen-bond acceptors (Lipinski definition) is 4. The van der Waals surface area contributed by atoms with E-state index >= 15 is 0 Å². The summed E-state index contributed by atoms with van der Waals surface area (Å²) in [7, 11) is 0. The highest BCUT2D eigenvalue weighted by Crippen LogP contribution is 2.23. The summed E-state index contributed by atoms with van der Waals surface area (Å²) in [5, 5.41) is 8.19. The molecule has 0 fully saturated rings. The first kappa shape index (κ1) is 20.9. The highest BCUT2D eigenvalue weighted by molar-refractivity contribution is 6.06. The van der Waals surface area contributed by atoms with Crippen LogP contribution >= 0.6 is 0 Å². The molecule has 6 heteroatoms. The standard InChI is InChI=1S/C21H31N3O3/c1-6-8-11-14-24-16-13-10-9-12-15(16)17(23-24)19(25)22-18(21(3,4)5)20(26)27-7-2/h9-10,12-13,18H,6-8,11,14H2,1-5H3,(H,22,25). The van der Waals surface area contributed by atoms with Crippen LogP contribution in [0.3, 0.4) is 0 Å². The Hall–Kier alpha value is -2.37. The summed E-state index contributed by atoms with van der Waals surface area (Å²) < 4.78 is 7.03. The number of aryl methyl sites for hydroxylation is 1. The second-order valence-corrected chi connectivity index (χ2v) is 7.82. The van der Waals surface area contributed by atoms with Crippen LogP contribution in [-0.2, 0) is 16.1 Å². The zero-order chi connectivity index (χ0) is 20.0. The number of esters is 1. The minimum absolute atomic E-state index is 0.274. The predicted molar refractivity (Wildman–Crippen MR) is 107 cm³/mol.